The van der Waals surface area contributed by atoms with Gasteiger partial charge >= 0.3 is 0 Å². The van der Waals surface area contributed by atoms with Crippen molar-refractivity contribution in [2.24, 2.45) is 0 Å². The van der Waals surface area contributed by atoms with E-state index in [1.807, 2.05) is 17.8 Å². The Kier molecular flexibility index (Phi) is 5.86. The summed E-state index contributed by atoms with van der Waals surface area (Å²) >= 11 is 5.51. The van der Waals surface area contributed by atoms with E-state index < -0.39 is 0 Å². The van der Waals surface area contributed by atoms with Gasteiger partial charge in [0, 0.05) is 30.2 Å². The number of alkyl halides is 1. The van der Waals surface area contributed by atoms with Crippen molar-refractivity contribution < 1.29 is 4.74 Å². The zero-order valence-electron chi connectivity index (χ0n) is 15.2. The van der Waals surface area contributed by atoms with Crippen LogP contribution in [0.3, 0.4) is 0 Å². The highest BCUT2D eigenvalue weighted by Gasteiger charge is 2.33. The third kappa shape index (κ3) is 3.66. The van der Waals surface area contributed by atoms with Crippen LogP contribution in [0.15, 0.2) is 78.9 Å². The molecule has 0 amide bonds. The molecule has 1 aliphatic rings. The first kappa shape index (κ1) is 18.6. The lowest BCUT2D eigenvalue weighted by atomic mass is 9.93. The van der Waals surface area contributed by atoms with E-state index in [0.717, 1.165) is 11.9 Å². The molecule has 138 valence electrons. The second kappa shape index (κ2) is 8.51. The van der Waals surface area contributed by atoms with Crippen LogP contribution < -0.4 is 4.90 Å². The zero-order chi connectivity index (χ0) is 18.6. The molecular formula is C23H22BrNOS. The van der Waals surface area contributed by atoms with Crippen molar-refractivity contribution in [1.29, 1.82) is 0 Å². The van der Waals surface area contributed by atoms with E-state index in [2.05, 4.69) is 93.6 Å². The molecule has 4 rings (SSSR count). The third-order valence-electron chi connectivity index (χ3n) is 4.88. The Bertz CT molecular complexity index is 902. The predicted octanol–water partition coefficient (Wildman–Crippen LogP) is 6.65. The molecule has 4 heteroatoms. The molecule has 0 radical (unpaired) electrons. The SMILES string of the molecule is COC(SC1c2ccccc2-c2ccccc2N1CCBr)c1ccccc1. The van der Waals surface area contributed by atoms with E-state index in [1.54, 1.807) is 7.11 Å². The maximum atomic E-state index is 5.89. The van der Waals surface area contributed by atoms with Gasteiger partial charge in [0.2, 0.25) is 0 Å². The second-order valence-electron chi connectivity index (χ2n) is 6.45. The predicted molar refractivity (Wildman–Crippen MR) is 120 cm³/mol. The lowest BCUT2D eigenvalue weighted by molar-refractivity contribution is 0.175. The minimum Gasteiger partial charge on any atom is -0.366 e. The Balaban J connectivity index is 1.78. The molecule has 3 aromatic carbocycles. The average molecular weight is 440 g/mol. The van der Waals surface area contributed by atoms with Crippen LogP contribution in [0.25, 0.3) is 11.1 Å². The van der Waals surface area contributed by atoms with E-state index in [4.69, 9.17) is 4.74 Å². The summed E-state index contributed by atoms with van der Waals surface area (Å²) in [5, 5.41) is 1.11. The van der Waals surface area contributed by atoms with Gasteiger partial charge in [0.05, 0.1) is 0 Å². The standard InChI is InChI=1S/C23H22BrNOS/c1-26-23(17-9-3-2-4-10-17)27-22-20-13-6-5-11-18(20)19-12-7-8-14-21(19)25(22)16-15-24/h2-14,22-23H,15-16H2,1H3. The highest BCUT2D eigenvalue weighted by Crippen LogP contribution is 2.52. The van der Waals surface area contributed by atoms with E-state index in [0.29, 0.717) is 0 Å². The summed E-state index contributed by atoms with van der Waals surface area (Å²) in [6, 6.07) is 27.9. The van der Waals surface area contributed by atoms with Gasteiger partial charge in [-0.25, -0.2) is 0 Å². The summed E-state index contributed by atoms with van der Waals surface area (Å²) in [6.45, 7) is 0.939. The monoisotopic (exact) mass is 439 g/mol. The number of fused-ring (bicyclic) bond motifs is 3. The van der Waals surface area contributed by atoms with Gasteiger partial charge in [-0.1, -0.05) is 100 Å². The maximum Gasteiger partial charge on any atom is 0.130 e. The van der Waals surface area contributed by atoms with E-state index in [1.165, 1.54) is 27.9 Å². The van der Waals surface area contributed by atoms with Crippen LogP contribution in [0.1, 0.15) is 21.9 Å². The summed E-state index contributed by atoms with van der Waals surface area (Å²) < 4.78 is 5.89. The molecule has 0 spiro atoms. The van der Waals surface area contributed by atoms with E-state index >= 15 is 0 Å². The first-order chi connectivity index (χ1) is 13.3. The van der Waals surface area contributed by atoms with E-state index in [-0.39, 0.29) is 10.8 Å². The minimum absolute atomic E-state index is 0.0210. The van der Waals surface area contributed by atoms with Gasteiger partial charge < -0.3 is 9.64 Å². The van der Waals surface area contributed by atoms with E-state index in [9.17, 15) is 0 Å². The van der Waals surface area contributed by atoms with Crippen molar-refractivity contribution >= 4 is 33.4 Å². The van der Waals surface area contributed by atoms with Crippen LogP contribution in [0.4, 0.5) is 5.69 Å². The maximum absolute atomic E-state index is 5.89. The Hall–Kier alpha value is -1.75. The third-order valence-corrected chi connectivity index (χ3v) is 6.71. The first-order valence-electron chi connectivity index (χ1n) is 9.07. The fourth-order valence-corrected chi connectivity index (χ4v) is 5.44. The minimum atomic E-state index is -0.0210. The lowest BCUT2D eigenvalue weighted by Crippen LogP contribution is -2.32. The number of benzene rings is 3. The number of para-hydroxylation sites is 1. The van der Waals surface area contributed by atoms with Crippen LogP contribution in [-0.4, -0.2) is 19.0 Å². The number of hydrogen-bond donors (Lipinski definition) is 0. The number of nitrogens with zero attached hydrogens (tertiary/aromatic N) is 1. The molecule has 0 aromatic heterocycles. The molecule has 27 heavy (non-hydrogen) atoms. The molecule has 2 nitrogen and oxygen atoms in total. The number of thioether (sulfide) groups is 1. The molecule has 0 N–H and O–H groups in total. The molecule has 0 saturated heterocycles. The van der Waals surface area contributed by atoms with Gasteiger partial charge in [-0.15, -0.1) is 0 Å². The number of anilines is 1. The number of hydrogen-bond acceptors (Lipinski definition) is 3. The van der Waals surface area contributed by atoms with Gasteiger partial charge in [-0.2, -0.15) is 0 Å². The molecule has 2 unspecified atom stereocenters. The molecular weight excluding hydrogens is 418 g/mol. The van der Waals surface area contributed by atoms with Crippen LogP contribution in [0.5, 0.6) is 0 Å². The van der Waals surface area contributed by atoms with Crippen LogP contribution >= 0.6 is 27.7 Å². The first-order valence-corrected chi connectivity index (χ1v) is 11.1. The normalized spacial score (nSPS) is 16.5. The van der Waals surface area contributed by atoms with Crippen molar-refractivity contribution in [2.75, 3.05) is 23.9 Å². The van der Waals surface area contributed by atoms with Crippen molar-refractivity contribution in [3.63, 3.8) is 0 Å². The van der Waals surface area contributed by atoms with Crippen LogP contribution in [-0.2, 0) is 4.74 Å². The Morgan fingerprint density at radius 2 is 1.59 bits per heavy atom. The van der Waals surface area contributed by atoms with Gasteiger partial charge in [-0.05, 0) is 22.8 Å². The summed E-state index contributed by atoms with van der Waals surface area (Å²) in [5.74, 6) is 0. The summed E-state index contributed by atoms with van der Waals surface area (Å²) in [5.41, 5.74) is 6.43. The van der Waals surface area contributed by atoms with Crippen molar-refractivity contribution in [3.05, 3.63) is 90.0 Å². The highest BCUT2D eigenvalue weighted by atomic mass is 79.9. The quantitative estimate of drug-likeness (QED) is 0.315. The molecule has 1 heterocycles. The summed E-state index contributed by atoms with van der Waals surface area (Å²) in [6.07, 6.45) is 0. The molecule has 0 fully saturated rings. The van der Waals surface area contributed by atoms with Gasteiger partial charge in [0.15, 0.2) is 0 Å². The van der Waals surface area contributed by atoms with Crippen molar-refractivity contribution in [3.8, 4) is 11.1 Å². The Labute approximate surface area is 173 Å². The largest absolute Gasteiger partial charge is 0.366 e. The zero-order valence-corrected chi connectivity index (χ0v) is 17.6. The summed E-state index contributed by atoms with van der Waals surface area (Å²) in [7, 11) is 1.79. The smallest absolute Gasteiger partial charge is 0.130 e. The topological polar surface area (TPSA) is 12.5 Å². The van der Waals surface area contributed by atoms with Crippen LogP contribution in [0.2, 0.25) is 0 Å². The number of methoxy groups -OCH3 is 1. The Morgan fingerprint density at radius 3 is 2.33 bits per heavy atom. The molecule has 0 aliphatic carbocycles. The molecule has 1 aliphatic heterocycles. The number of rotatable bonds is 6. The Morgan fingerprint density at radius 1 is 0.926 bits per heavy atom. The molecule has 0 saturated carbocycles. The van der Waals surface area contributed by atoms with Gasteiger partial charge in [0.1, 0.15) is 10.8 Å². The molecule has 3 aromatic rings. The van der Waals surface area contributed by atoms with Crippen molar-refractivity contribution in [2.45, 2.75) is 10.8 Å². The van der Waals surface area contributed by atoms with Gasteiger partial charge in [0.25, 0.3) is 0 Å². The van der Waals surface area contributed by atoms with Gasteiger partial charge in [-0.3, -0.25) is 0 Å². The van der Waals surface area contributed by atoms with Crippen molar-refractivity contribution in [1.82, 2.24) is 0 Å². The fourth-order valence-electron chi connectivity index (χ4n) is 3.68. The fraction of sp³-hybridized carbons (Fsp3) is 0.217. The van der Waals surface area contributed by atoms with Crippen LogP contribution in [0, 0.1) is 0 Å². The lowest BCUT2D eigenvalue weighted by Gasteiger charge is -2.40. The average Bonchev–Trinajstić information content (AvgIpc) is 2.74. The number of ether oxygens (including phenoxy) is 1. The molecule has 0 bridgehead atoms. The number of halogens is 1. The highest BCUT2D eigenvalue weighted by molar-refractivity contribution is 9.09. The molecule has 2 atom stereocenters. The summed E-state index contributed by atoms with van der Waals surface area (Å²) in [4.78, 5) is 2.49. The second-order valence-corrected chi connectivity index (χ2v) is 8.39.